The Morgan fingerprint density at radius 2 is 1.90 bits per heavy atom. The van der Waals surface area contributed by atoms with E-state index in [-0.39, 0.29) is 5.56 Å². The molecule has 0 bridgehead atoms. The van der Waals surface area contributed by atoms with Gasteiger partial charge in [0.15, 0.2) is 6.04 Å². The van der Waals surface area contributed by atoms with Crippen LogP contribution in [0.15, 0.2) is 34.9 Å². The van der Waals surface area contributed by atoms with Gasteiger partial charge in [0, 0.05) is 0 Å². The lowest BCUT2D eigenvalue weighted by molar-refractivity contribution is -0.139. The number of rotatable bonds is 4. The summed E-state index contributed by atoms with van der Waals surface area (Å²) in [6, 6.07) is 7.38. The van der Waals surface area contributed by atoms with Crippen LogP contribution in [0.5, 0.6) is 0 Å². The highest BCUT2D eigenvalue weighted by Gasteiger charge is 2.25. The van der Waals surface area contributed by atoms with Crippen molar-refractivity contribution in [1.29, 1.82) is 0 Å². The topological polar surface area (TPSA) is 92.4 Å². The van der Waals surface area contributed by atoms with Crippen molar-refractivity contribution in [2.24, 2.45) is 0 Å². The molecule has 6 nitrogen and oxygen atoms in total. The molecule has 0 saturated carbocycles. The summed E-state index contributed by atoms with van der Waals surface area (Å²) in [5.74, 6) is -1.29. The molecular formula is C14H14N2O4. The second-order valence-electron chi connectivity index (χ2n) is 4.35. The van der Waals surface area contributed by atoms with E-state index in [4.69, 9.17) is 4.52 Å². The summed E-state index contributed by atoms with van der Waals surface area (Å²) in [6.45, 7) is 3.23. The zero-order chi connectivity index (χ0) is 14.7. The summed E-state index contributed by atoms with van der Waals surface area (Å²) in [6.07, 6.45) is 0. The second kappa shape index (κ2) is 5.56. The number of benzene rings is 1. The molecule has 0 aliphatic heterocycles. The van der Waals surface area contributed by atoms with Gasteiger partial charge in [0.05, 0.1) is 5.69 Å². The van der Waals surface area contributed by atoms with Crippen LogP contribution in [0.25, 0.3) is 0 Å². The molecule has 104 valence electrons. The minimum Gasteiger partial charge on any atom is -0.479 e. The maximum atomic E-state index is 12.2. The van der Waals surface area contributed by atoms with Crippen LogP contribution in [0.4, 0.5) is 0 Å². The van der Waals surface area contributed by atoms with E-state index in [0.717, 1.165) is 0 Å². The van der Waals surface area contributed by atoms with Gasteiger partial charge in [-0.1, -0.05) is 35.5 Å². The van der Waals surface area contributed by atoms with Crippen LogP contribution in [0.2, 0.25) is 0 Å². The van der Waals surface area contributed by atoms with Crippen LogP contribution in [0, 0.1) is 13.8 Å². The standard InChI is InChI=1S/C14H14N2O4/c1-8-11(9(2)20-16-8)13(17)15-12(14(18)19)10-6-4-3-5-7-10/h3-7,12H,1-2H3,(H,15,17)(H,18,19)/t12-/m0/s1. The van der Waals surface area contributed by atoms with Crippen molar-refractivity contribution in [1.82, 2.24) is 10.5 Å². The number of nitrogens with zero attached hydrogens (tertiary/aromatic N) is 1. The predicted octanol–water partition coefficient (Wildman–Crippen LogP) is 1.85. The summed E-state index contributed by atoms with van der Waals surface area (Å²) in [4.78, 5) is 23.5. The molecule has 1 atom stereocenters. The molecule has 2 N–H and O–H groups in total. The van der Waals surface area contributed by atoms with Crippen molar-refractivity contribution in [2.75, 3.05) is 0 Å². The lowest BCUT2D eigenvalue weighted by Crippen LogP contribution is -2.34. The molecule has 0 radical (unpaired) electrons. The first-order chi connectivity index (χ1) is 9.50. The summed E-state index contributed by atoms with van der Waals surface area (Å²) < 4.78 is 4.91. The van der Waals surface area contributed by atoms with Crippen molar-refractivity contribution in [3.63, 3.8) is 0 Å². The van der Waals surface area contributed by atoms with E-state index in [1.807, 2.05) is 0 Å². The minimum atomic E-state index is -1.13. The Morgan fingerprint density at radius 3 is 2.40 bits per heavy atom. The van der Waals surface area contributed by atoms with E-state index in [9.17, 15) is 14.7 Å². The van der Waals surface area contributed by atoms with Crippen molar-refractivity contribution >= 4 is 11.9 Å². The van der Waals surface area contributed by atoms with Crippen molar-refractivity contribution in [3.05, 3.63) is 52.9 Å². The summed E-state index contributed by atoms with van der Waals surface area (Å²) in [5, 5.41) is 15.4. The average molecular weight is 274 g/mol. The smallest absolute Gasteiger partial charge is 0.330 e. The highest BCUT2D eigenvalue weighted by atomic mass is 16.5. The zero-order valence-corrected chi connectivity index (χ0v) is 11.1. The number of nitrogens with one attached hydrogen (secondary N) is 1. The first kappa shape index (κ1) is 13.8. The SMILES string of the molecule is Cc1noc(C)c1C(=O)N[C@H](C(=O)O)c1ccccc1. The molecule has 2 rings (SSSR count). The Bertz CT molecular complexity index is 614. The minimum absolute atomic E-state index is 0.271. The number of carboxylic acid groups (broad SMARTS) is 1. The number of aryl methyl sites for hydroxylation is 2. The van der Waals surface area contributed by atoms with E-state index in [2.05, 4.69) is 10.5 Å². The van der Waals surface area contributed by atoms with E-state index in [0.29, 0.717) is 17.0 Å². The number of carbonyl (C=O) groups is 2. The summed E-state index contributed by atoms with van der Waals surface area (Å²) >= 11 is 0. The van der Waals surface area contributed by atoms with Crippen LogP contribution in [-0.2, 0) is 4.79 Å². The van der Waals surface area contributed by atoms with Crippen molar-refractivity contribution in [2.45, 2.75) is 19.9 Å². The lowest BCUT2D eigenvalue weighted by Gasteiger charge is -2.14. The largest absolute Gasteiger partial charge is 0.479 e. The molecule has 1 heterocycles. The first-order valence-corrected chi connectivity index (χ1v) is 6.02. The fourth-order valence-corrected chi connectivity index (χ4v) is 1.94. The zero-order valence-electron chi connectivity index (χ0n) is 11.1. The van der Waals surface area contributed by atoms with Gasteiger partial charge in [-0.25, -0.2) is 4.79 Å². The number of amides is 1. The van der Waals surface area contributed by atoms with Gasteiger partial charge in [-0.2, -0.15) is 0 Å². The quantitative estimate of drug-likeness (QED) is 0.887. The monoisotopic (exact) mass is 274 g/mol. The Balaban J connectivity index is 2.26. The Hall–Kier alpha value is -2.63. The molecule has 20 heavy (non-hydrogen) atoms. The third kappa shape index (κ3) is 2.69. The number of aromatic nitrogens is 1. The van der Waals surface area contributed by atoms with Gasteiger partial charge in [-0.15, -0.1) is 0 Å². The number of carbonyl (C=O) groups excluding carboxylic acids is 1. The number of aliphatic carboxylic acids is 1. The molecule has 2 aromatic rings. The van der Waals surface area contributed by atoms with Crippen LogP contribution >= 0.6 is 0 Å². The van der Waals surface area contributed by atoms with Gasteiger partial charge < -0.3 is 14.9 Å². The van der Waals surface area contributed by atoms with E-state index >= 15 is 0 Å². The lowest BCUT2D eigenvalue weighted by atomic mass is 10.1. The highest BCUT2D eigenvalue weighted by molar-refractivity contribution is 5.98. The average Bonchev–Trinajstić information content (AvgIpc) is 2.76. The summed E-state index contributed by atoms with van der Waals surface area (Å²) in [5.41, 5.74) is 1.20. The molecule has 0 spiro atoms. The van der Waals surface area contributed by atoms with Gasteiger partial charge in [0.1, 0.15) is 11.3 Å². The molecule has 6 heteroatoms. The van der Waals surface area contributed by atoms with Gasteiger partial charge in [0.2, 0.25) is 0 Å². The molecule has 0 saturated heterocycles. The maximum absolute atomic E-state index is 12.2. The molecule has 0 unspecified atom stereocenters. The maximum Gasteiger partial charge on any atom is 0.330 e. The Labute approximate surface area is 115 Å². The molecular weight excluding hydrogens is 260 g/mol. The molecule has 0 aliphatic rings. The van der Waals surface area contributed by atoms with E-state index < -0.39 is 17.9 Å². The third-order valence-electron chi connectivity index (χ3n) is 2.92. The Morgan fingerprint density at radius 1 is 1.25 bits per heavy atom. The fraction of sp³-hybridized carbons (Fsp3) is 0.214. The second-order valence-corrected chi connectivity index (χ2v) is 4.35. The van der Waals surface area contributed by atoms with Gasteiger partial charge in [-0.05, 0) is 19.4 Å². The van der Waals surface area contributed by atoms with Crippen LogP contribution in [0.3, 0.4) is 0 Å². The van der Waals surface area contributed by atoms with Crippen LogP contribution < -0.4 is 5.32 Å². The van der Waals surface area contributed by atoms with Gasteiger partial charge in [-0.3, -0.25) is 4.79 Å². The van der Waals surface area contributed by atoms with E-state index in [1.165, 1.54) is 0 Å². The number of hydrogen-bond donors (Lipinski definition) is 2. The molecule has 0 aliphatic carbocycles. The van der Waals surface area contributed by atoms with Crippen LogP contribution in [0.1, 0.15) is 33.4 Å². The van der Waals surface area contributed by atoms with Crippen molar-refractivity contribution < 1.29 is 19.2 Å². The number of carboxylic acids is 1. The molecule has 0 fully saturated rings. The molecule has 1 aromatic carbocycles. The molecule has 1 aromatic heterocycles. The normalized spacial score (nSPS) is 11.9. The van der Waals surface area contributed by atoms with E-state index in [1.54, 1.807) is 44.2 Å². The van der Waals surface area contributed by atoms with Gasteiger partial charge >= 0.3 is 5.97 Å². The Kier molecular flexibility index (Phi) is 3.84. The van der Waals surface area contributed by atoms with Crippen LogP contribution in [-0.4, -0.2) is 22.1 Å². The number of hydrogen-bond acceptors (Lipinski definition) is 4. The first-order valence-electron chi connectivity index (χ1n) is 6.02. The molecule has 1 amide bonds. The fourth-order valence-electron chi connectivity index (χ4n) is 1.94. The third-order valence-corrected chi connectivity index (χ3v) is 2.92. The summed E-state index contributed by atoms with van der Waals surface area (Å²) in [7, 11) is 0. The predicted molar refractivity (Wildman–Crippen MR) is 70.3 cm³/mol. The highest BCUT2D eigenvalue weighted by Crippen LogP contribution is 2.17. The van der Waals surface area contributed by atoms with Crippen molar-refractivity contribution in [3.8, 4) is 0 Å². The van der Waals surface area contributed by atoms with Gasteiger partial charge in [0.25, 0.3) is 5.91 Å².